The Morgan fingerprint density at radius 3 is 2.77 bits per heavy atom. The third-order valence-electron chi connectivity index (χ3n) is 3.44. The normalized spacial score (nSPS) is 18.8. The minimum absolute atomic E-state index is 0.0166. The number of benzene rings is 1. The number of thioether (sulfide) groups is 1. The predicted octanol–water partition coefficient (Wildman–Crippen LogP) is 1.06. The molecule has 0 saturated carbocycles. The minimum Gasteiger partial charge on any atom is -0.356 e. The molecule has 22 heavy (non-hydrogen) atoms. The Morgan fingerprint density at radius 2 is 2.09 bits per heavy atom. The average molecular weight is 342 g/mol. The maximum atomic E-state index is 12.1. The maximum Gasteiger partial charge on any atom is 0.221 e. The fourth-order valence-corrected chi connectivity index (χ4v) is 4.56. The molecular weight excluding hydrogens is 320 g/mol. The zero-order valence-electron chi connectivity index (χ0n) is 12.5. The Balaban J connectivity index is 1.67. The van der Waals surface area contributed by atoms with E-state index in [1.54, 1.807) is 30.3 Å². The molecule has 7 heteroatoms. The first kappa shape index (κ1) is 17.3. The van der Waals surface area contributed by atoms with Crippen LogP contribution in [0.15, 0.2) is 35.2 Å². The molecule has 0 aromatic heterocycles. The van der Waals surface area contributed by atoms with Gasteiger partial charge in [0.05, 0.1) is 10.6 Å². The van der Waals surface area contributed by atoms with Gasteiger partial charge in [0.2, 0.25) is 5.91 Å². The van der Waals surface area contributed by atoms with E-state index in [0.29, 0.717) is 24.3 Å². The van der Waals surface area contributed by atoms with E-state index < -0.39 is 9.84 Å². The summed E-state index contributed by atoms with van der Waals surface area (Å²) < 4.78 is 24.1. The molecule has 1 fully saturated rings. The SMILES string of the molecule is O=C(CC1CSCCN1)NCCCS(=O)(=O)c1ccccc1. The summed E-state index contributed by atoms with van der Waals surface area (Å²) in [4.78, 5) is 12.1. The number of sulfone groups is 1. The summed E-state index contributed by atoms with van der Waals surface area (Å²) in [6.45, 7) is 1.34. The van der Waals surface area contributed by atoms with Crippen LogP contribution in [0.3, 0.4) is 0 Å². The highest BCUT2D eigenvalue weighted by Crippen LogP contribution is 2.11. The lowest BCUT2D eigenvalue weighted by Gasteiger charge is -2.22. The Morgan fingerprint density at radius 1 is 1.32 bits per heavy atom. The van der Waals surface area contributed by atoms with E-state index in [-0.39, 0.29) is 17.7 Å². The molecule has 0 aliphatic carbocycles. The molecule has 1 aliphatic heterocycles. The lowest BCUT2D eigenvalue weighted by atomic mass is 10.2. The largest absolute Gasteiger partial charge is 0.356 e. The van der Waals surface area contributed by atoms with Gasteiger partial charge in [-0.25, -0.2) is 8.42 Å². The van der Waals surface area contributed by atoms with Crippen molar-refractivity contribution in [1.29, 1.82) is 0 Å². The third kappa shape index (κ3) is 5.62. The first-order chi connectivity index (χ1) is 10.6. The highest BCUT2D eigenvalue weighted by Gasteiger charge is 2.17. The standard InChI is InChI=1S/C15H22N2O3S2/c18-15(11-13-12-21-9-8-16-13)17-7-4-10-22(19,20)14-5-2-1-3-6-14/h1-3,5-6,13,16H,4,7-12H2,(H,17,18). The van der Waals surface area contributed by atoms with Crippen LogP contribution in [0.25, 0.3) is 0 Å². The van der Waals surface area contributed by atoms with Crippen molar-refractivity contribution in [3.63, 3.8) is 0 Å². The number of rotatable bonds is 7. The first-order valence-corrected chi connectivity index (χ1v) is 10.2. The first-order valence-electron chi connectivity index (χ1n) is 7.43. The number of amides is 1. The molecule has 1 saturated heterocycles. The van der Waals surface area contributed by atoms with Crippen LogP contribution in [0.2, 0.25) is 0 Å². The molecule has 5 nitrogen and oxygen atoms in total. The van der Waals surface area contributed by atoms with Crippen LogP contribution in [0.4, 0.5) is 0 Å². The van der Waals surface area contributed by atoms with Gasteiger partial charge in [0, 0.05) is 37.1 Å². The van der Waals surface area contributed by atoms with Crippen molar-refractivity contribution < 1.29 is 13.2 Å². The van der Waals surface area contributed by atoms with Crippen molar-refractivity contribution in [2.24, 2.45) is 0 Å². The highest BCUT2D eigenvalue weighted by atomic mass is 32.2. The molecule has 1 aromatic rings. The summed E-state index contributed by atoms with van der Waals surface area (Å²) in [5, 5.41) is 6.11. The van der Waals surface area contributed by atoms with Gasteiger partial charge in [-0.15, -0.1) is 0 Å². The van der Waals surface area contributed by atoms with Gasteiger partial charge in [-0.3, -0.25) is 4.79 Å². The van der Waals surface area contributed by atoms with Gasteiger partial charge in [0.25, 0.3) is 0 Å². The van der Waals surface area contributed by atoms with Crippen LogP contribution in [-0.4, -0.2) is 50.7 Å². The van der Waals surface area contributed by atoms with Crippen LogP contribution in [0.1, 0.15) is 12.8 Å². The molecule has 122 valence electrons. The smallest absolute Gasteiger partial charge is 0.221 e. The lowest BCUT2D eigenvalue weighted by Crippen LogP contribution is -2.41. The Labute approximate surface area is 136 Å². The van der Waals surface area contributed by atoms with E-state index >= 15 is 0 Å². The van der Waals surface area contributed by atoms with Gasteiger partial charge in [-0.1, -0.05) is 18.2 Å². The summed E-state index contributed by atoms with van der Waals surface area (Å²) in [7, 11) is -3.25. The number of hydrogen-bond donors (Lipinski definition) is 2. The number of nitrogens with one attached hydrogen (secondary N) is 2. The quantitative estimate of drug-likeness (QED) is 0.725. The minimum atomic E-state index is -3.25. The Kier molecular flexibility index (Phi) is 6.72. The fourth-order valence-electron chi connectivity index (χ4n) is 2.28. The average Bonchev–Trinajstić information content (AvgIpc) is 2.53. The Bertz CT molecular complexity index is 570. The summed E-state index contributed by atoms with van der Waals surface area (Å²) in [6, 6.07) is 8.64. The maximum absolute atomic E-state index is 12.1. The topological polar surface area (TPSA) is 75.3 Å². The van der Waals surface area contributed by atoms with Gasteiger partial charge in [0.15, 0.2) is 9.84 Å². The molecule has 1 atom stereocenters. The molecule has 2 rings (SSSR count). The van der Waals surface area contributed by atoms with E-state index in [0.717, 1.165) is 18.1 Å². The van der Waals surface area contributed by atoms with E-state index in [9.17, 15) is 13.2 Å². The van der Waals surface area contributed by atoms with Crippen LogP contribution in [0.5, 0.6) is 0 Å². The lowest BCUT2D eigenvalue weighted by molar-refractivity contribution is -0.121. The third-order valence-corrected chi connectivity index (χ3v) is 6.39. The van der Waals surface area contributed by atoms with Crippen molar-refractivity contribution in [1.82, 2.24) is 10.6 Å². The van der Waals surface area contributed by atoms with E-state index in [1.807, 2.05) is 11.8 Å². The molecule has 0 radical (unpaired) electrons. The molecular formula is C15H22N2O3S2. The summed E-state index contributed by atoms with van der Waals surface area (Å²) in [5.41, 5.74) is 0. The zero-order chi connectivity index (χ0) is 15.8. The number of carbonyl (C=O) groups excluding carboxylic acids is 1. The molecule has 0 spiro atoms. The van der Waals surface area contributed by atoms with E-state index in [1.165, 1.54) is 0 Å². The van der Waals surface area contributed by atoms with Gasteiger partial charge in [0.1, 0.15) is 0 Å². The van der Waals surface area contributed by atoms with Crippen molar-refractivity contribution >= 4 is 27.5 Å². The second-order valence-electron chi connectivity index (χ2n) is 5.27. The summed E-state index contributed by atoms with van der Waals surface area (Å²) in [6.07, 6.45) is 0.883. The molecule has 1 heterocycles. The number of hydrogen-bond acceptors (Lipinski definition) is 5. The van der Waals surface area contributed by atoms with E-state index in [4.69, 9.17) is 0 Å². The summed E-state index contributed by atoms with van der Waals surface area (Å²) >= 11 is 1.85. The molecule has 1 amide bonds. The molecule has 1 aromatic carbocycles. The monoisotopic (exact) mass is 342 g/mol. The van der Waals surface area contributed by atoms with Crippen LogP contribution >= 0.6 is 11.8 Å². The van der Waals surface area contributed by atoms with Crippen LogP contribution in [0, 0.1) is 0 Å². The molecule has 1 aliphatic rings. The Hall–Kier alpha value is -1.05. The summed E-state index contributed by atoms with van der Waals surface area (Å²) in [5.74, 6) is 2.08. The van der Waals surface area contributed by atoms with E-state index in [2.05, 4.69) is 10.6 Å². The highest BCUT2D eigenvalue weighted by molar-refractivity contribution is 7.99. The zero-order valence-corrected chi connectivity index (χ0v) is 14.1. The van der Waals surface area contributed by atoms with Gasteiger partial charge in [-0.2, -0.15) is 11.8 Å². The van der Waals surface area contributed by atoms with Gasteiger partial charge in [-0.05, 0) is 18.6 Å². The van der Waals surface area contributed by atoms with Crippen molar-refractivity contribution in [2.45, 2.75) is 23.8 Å². The fraction of sp³-hybridized carbons (Fsp3) is 0.533. The van der Waals surface area contributed by atoms with Crippen molar-refractivity contribution in [2.75, 3.05) is 30.3 Å². The second kappa shape index (κ2) is 8.55. The molecule has 1 unspecified atom stereocenters. The molecule has 0 bridgehead atoms. The molecule has 2 N–H and O–H groups in total. The van der Waals surface area contributed by atoms with Crippen LogP contribution in [-0.2, 0) is 14.6 Å². The predicted molar refractivity (Wildman–Crippen MR) is 89.9 cm³/mol. The second-order valence-corrected chi connectivity index (χ2v) is 8.52. The van der Waals surface area contributed by atoms with Gasteiger partial charge >= 0.3 is 0 Å². The number of carbonyl (C=O) groups is 1. The van der Waals surface area contributed by atoms with Crippen molar-refractivity contribution in [3.8, 4) is 0 Å². The van der Waals surface area contributed by atoms with Crippen LogP contribution < -0.4 is 10.6 Å². The van der Waals surface area contributed by atoms with Crippen molar-refractivity contribution in [3.05, 3.63) is 30.3 Å². The van der Waals surface area contributed by atoms with Gasteiger partial charge < -0.3 is 10.6 Å².